The number of nitrogens with two attached hydrogens (primary N) is 1. The zero-order chi connectivity index (χ0) is 14.8. The lowest BCUT2D eigenvalue weighted by atomic mass is 9.78. The van der Waals surface area contributed by atoms with E-state index in [9.17, 15) is 5.11 Å². The van der Waals surface area contributed by atoms with Crippen molar-refractivity contribution >= 4 is 0 Å². The van der Waals surface area contributed by atoms with Gasteiger partial charge >= 0.3 is 0 Å². The van der Waals surface area contributed by atoms with E-state index in [0.29, 0.717) is 17.8 Å². The molecule has 4 unspecified atom stereocenters. The highest BCUT2D eigenvalue weighted by Gasteiger charge is 2.39. The molecule has 1 heterocycles. The molecule has 21 heavy (non-hydrogen) atoms. The first-order valence-electron chi connectivity index (χ1n) is 8.41. The second-order valence-electron chi connectivity index (χ2n) is 7.03. The van der Waals surface area contributed by atoms with E-state index in [2.05, 4.69) is 11.8 Å². The minimum absolute atomic E-state index is 0.351. The molecule has 1 aromatic rings. The molecule has 0 aromatic heterocycles. The van der Waals surface area contributed by atoms with Crippen LogP contribution in [0.1, 0.15) is 38.2 Å². The molecular formula is C18H28N2O. The standard InChI is InChI=1S/C18H28N2O/c1-13(5-6-14-7-9-16(21)10-8-14)20-11-15-3-2-4-18(19)17(15)12-20/h7-10,13,15,17-18,21H,2-6,11-12,19H2,1H3. The van der Waals surface area contributed by atoms with Crippen LogP contribution in [0.4, 0.5) is 0 Å². The van der Waals surface area contributed by atoms with Crippen LogP contribution in [-0.2, 0) is 6.42 Å². The van der Waals surface area contributed by atoms with Crippen LogP contribution in [0.15, 0.2) is 24.3 Å². The predicted octanol–water partition coefficient (Wildman–Crippen LogP) is 2.77. The van der Waals surface area contributed by atoms with E-state index in [-0.39, 0.29) is 0 Å². The van der Waals surface area contributed by atoms with E-state index >= 15 is 0 Å². The first-order valence-corrected chi connectivity index (χ1v) is 8.41. The van der Waals surface area contributed by atoms with Gasteiger partial charge in [0.2, 0.25) is 0 Å². The Bertz CT molecular complexity index is 459. The number of likely N-dealkylation sites (tertiary alicyclic amines) is 1. The maximum atomic E-state index is 9.33. The highest BCUT2D eigenvalue weighted by atomic mass is 16.3. The van der Waals surface area contributed by atoms with Gasteiger partial charge in [-0.25, -0.2) is 0 Å². The SMILES string of the molecule is CC(CCc1ccc(O)cc1)N1CC2CCCC(N)C2C1. The summed E-state index contributed by atoms with van der Waals surface area (Å²) in [7, 11) is 0. The van der Waals surface area contributed by atoms with Gasteiger partial charge in [0, 0.05) is 25.2 Å². The number of benzene rings is 1. The summed E-state index contributed by atoms with van der Waals surface area (Å²) in [6, 6.07) is 8.67. The minimum atomic E-state index is 0.351. The number of fused-ring (bicyclic) bond motifs is 1. The van der Waals surface area contributed by atoms with Crippen molar-refractivity contribution in [3.8, 4) is 5.75 Å². The fourth-order valence-corrected chi connectivity index (χ4v) is 4.13. The number of aromatic hydroxyl groups is 1. The fraction of sp³-hybridized carbons (Fsp3) is 0.667. The molecule has 0 bridgehead atoms. The van der Waals surface area contributed by atoms with Gasteiger partial charge < -0.3 is 15.7 Å². The smallest absolute Gasteiger partial charge is 0.115 e. The zero-order valence-corrected chi connectivity index (χ0v) is 13.0. The normalized spacial score (nSPS) is 31.0. The predicted molar refractivity (Wildman–Crippen MR) is 86.3 cm³/mol. The molecule has 1 saturated carbocycles. The molecule has 1 aliphatic heterocycles. The Morgan fingerprint density at radius 3 is 2.71 bits per heavy atom. The molecule has 3 N–H and O–H groups in total. The van der Waals surface area contributed by atoms with Gasteiger partial charge in [-0.05, 0) is 62.1 Å². The lowest BCUT2D eigenvalue weighted by Crippen LogP contribution is -2.38. The van der Waals surface area contributed by atoms with E-state index in [1.165, 1.54) is 44.3 Å². The molecule has 1 saturated heterocycles. The molecule has 3 heteroatoms. The molecule has 0 spiro atoms. The van der Waals surface area contributed by atoms with Crippen LogP contribution in [0.2, 0.25) is 0 Å². The number of phenols is 1. The van der Waals surface area contributed by atoms with Crippen molar-refractivity contribution < 1.29 is 5.11 Å². The van der Waals surface area contributed by atoms with Gasteiger partial charge in [-0.15, -0.1) is 0 Å². The average molecular weight is 288 g/mol. The summed E-state index contributed by atoms with van der Waals surface area (Å²) in [6.07, 6.45) is 6.17. The molecule has 2 aliphatic rings. The minimum Gasteiger partial charge on any atom is -0.508 e. The van der Waals surface area contributed by atoms with Crippen LogP contribution in [0.5, 0.6) is 5.75 Å². The maximum Gasteiger partial charge on any atom is 0.115 e. The molecule has 0 amide bonds. The third kappa shape index (κ3) is 3.41. The number of rotatable bonds is 4. The van der Waals surface area contributed by atoms with Gasteiger partial charge in [-0.3, -0.25) is 0 Å². The van der Waals surface area contributed by atoms with Gasteiger partial charge in [-0.1, -0.05) is 18.6 Å². The van der Waals surface area contributed by atoms with Crippen LogP contribution in [0.25, 0.3) is 0 Å². The number of aryl methyl sites for hydroxylation is 1. The quantitative estimate of drug-likeness (QED) is 0.895. The van der Waals surface area contributed by atoms with Crippen molar-refractivity contribution in [2.75, 3.05) is 13.1 Å². The molecule has 1 aromatic carbocycles. The van der Waals surface area contributed by atoms with E-state index in [1.54, 1.807) is 12.1 Å². The van der Waals surface area contributed by atoms with Gasteiger partial charge in [0.25, 0.3) is 0 Å². The molecule has 116 valence electrons. The Kier molecular flexibility index (Phi) is 4.51. The van der Waals surface area contributed by atoms with Crippen LogP contribution in [0, 0.1) is 11.8 Å². The molecule has 0 radical (unpaired) electrons. The van der Waals surface area contributed by atoms with E-state index < -0.39 is 0 Å². The van der Waals surface area contributed by atoms with Crippen molar-refractivity contribution in [3.63, 3.8) is 0 Å². The van der Waals surface area contributed by atoms with Crippen molar-refractivity contribution in [1.29, 1.82) is 0 Å². The monoisotopic (exact) mass is 288 g/mol. The van der Waals surface area contributed by atoms with E-state index in [1.807, 2.05) is 12.1 Å². The summed E-state index contributed by atoms with van der Waals surface area (Å²) in [6.45, 7) is 4.79. The molecule has 2 fully saturated rings. The zero-order valence-electron chi connectivity index (χ0n) is 13.0. The second-order valence-corrected chi connectivity index (χ2v) is 7.03. The fourth-order valence-electron chi connectivity index (χ4n) is 4.13. The number of hydrogen-bond donors (Lipinski definition) is 2. The van der Waals surface area contributed by atoms with Crippen molar-refractivity contribution in [2.24, 2.45) is 17.6 Å². The van der Waals surface area contributed by atoms with Gasteiger partial charge in [0.1, 0.15) is 5.75 Å². The van der Waals surface area contributed by atoms with Crippen molar-refractivity contribution in [3.05, 3.63) is 29.8 Å². The molecular weight excluding hydrogens is 260 g/mol. The topological polar surface area (TPSA) is 49.5 Å². The summed E-state index contributed by atoms with van der Waals surface area (Å²) in [5, 5.41) is 9.33. The molecule has 3 rings (SSSR count). The van der Waals surface area contributed by atoms with Crippen molar-refractivity contribution in [2.45, 2.75) is 51.1 Å². The highest BCUT2D eigenvalue weighted by molar-refractivity contribution is 5.25. The summed E-state index contributed by atoms with van der Waals surface area (Å²) >= 11 is 0. The lowest BCUT2D eigenvalue weighted by Gasteiger charge is -2.30. The van der Waals surface area contributed by atoms with E-state index in [0.717, 1.165) is 18.3 Å². The summed E-state index contributed by atoms with van der Waals surface area (Å²) in [4.78, 5) is 2.65. The Morgan fingerprint density at radius 2 is 2.00 bits per heavy atom. The Labute approximate surface area is 128 Å². The van der Waals surface area contributed by atoms with Gasteiger partial charge in [0.15, 0.2) is 0 Å². The second kappa shape index (κ2) is 6.37. The third-order valence-electron chi connectivity index (χ3n) is 5.59. The third-order valence-corrected chi connectivity index (χ3v) is 5.59. The van der Waals surface area contributed by atoms with Crippen molar-refractivity contribution in [1.82, 2.24) is 4.90 Å². The number of nitrogens with zero attached hydrogens (tertiary/aromatic N) is 1. The molecule has 3 nitrogen and oxygen atoms in total. The number of hydrogen-bond acceptors (Lipinski definition) is 3. The Balaban J connectivity index is 1.52. The van der Waals surface area contributed by atoms with Crippen LogP contribution < -0.4 is 5.73 Å². The van der Waals surface area contributed by atoms with Crippen LogP contribution in [-0.4, -0.2) is 35.2 Å². The highest BCUT2D eigenvalue weighted by Crippen LogP contribution is 2.36. The Hall–Kier alpha value is -1.06. The molecule has 4 atom stereocenters. The van der Waals surface area contributed by atoms with Gasteiger partial charge in [0.05, 0.1) is 0 Å². The van der Waals surface area contributed by atoms with Gasteiger partial charge in [-0.2, -0.15) is 0 Å². The molecule has 1 aliphatic carbocycles. The van der Waals surface area contributed by atoms with E-state index in [4.69, 9.17) is 5.73 Å². The Morgan fingerprint density at radius 1 is 1.24 bits per heavy atom. The summed E-state index contributed by atoms with van der Waals surface area (Å²) in [5.74, 6) is 1.92. The first-order chi connectivity index (χ1) is 10.1. The number of phenolic OH excluding ortho intramolecular Hbond substituents is 1. The largest absolute Gasteiger partial charge is 0.508 e. The summed E-state index contributed by atoms with van der Waals surface area (Å²) < 4.78 is 0. The van der Waals surface area contributed by atoms with Crippen LogP contribution >= 0.6 is 0 Å². The lowest BCUT2D eigenvalue weighted by molar-refractivity contribution is 0.232. The summed E-state index contributed by atoms with van der Waals surface area (Å²) in [5.41, 5.74) is 7.62. The first kappa shape index (κ1) is 14.9. The average Bonchev–Trinajstić information content (AvgIpc) is 2.92. The van der Waals surface area contributed by atoms with Crippen LogP contribution in [0.3, 0.4) is 0 Å². The maximum absolute atomic E-state index is 9.33.